The molecule has 0 fully saturated rings. The van der Waals surface area contributed by atoms with Gasteiger partial charge in [0.1, 0.15) is 11.8 Å². The first-order chi connectivity index (χ1) is 15.6. The summed E-state index contributed by atoms with van der Waals surface area (Å²) in [5.74, 6) is -0.108. The lowest BCUT2D eigenvalue weighted by molar-refractivity contribution is -0.143. The number of amides is 2. The lowest BCUT2D eigenvalue weighted by Crippen LogP contribution is -2.45. The van der Waals surface area contributed by atoms with Gasteiger partial charge in [-0.15, -0.1) is 0 Å². The van der Waals surface area contributed by atoms with Crippen LogP contribution in [0.4, 0.5) is 0 Å². The number of para-hydroxylation sites is 1. The van der Waals surface area contributed by atoms with Gasteiger partial charge >= 0.3 is 0 Å². The van der Waals surface area contributed by atoms with E-state index in [9.17, 15) is 9.59 Å². The van der Waals surface area contributed by atoms with Crippen LogP contribution in [0, 0.1) is 0 Å². The van der Waals surface area contributed by atoms with Crippen molar-refractivity contribution in [3.05, 3.63) is 101 Å². The minimum atomic E-state index is -0.787. The van der Waals surface area contributed by atoms with Gasteiger partial charge in [-0.05, 0) is 29.7 Å². The van der Waals surface area contributed by atoms with Crippen LogP contribution in [-0.4, -0.2) is 29.9 Å². The molecule has 3 rings (SSSR count). The van der Waals surface area contributed by atoms with Crippen molar-refractivity contribution in [3.8, 4) is 5.75 Å². The Morgan fingerprint density at radius 3 is 2.22 bits per heavy atom. The molecule has 6 heteroatoms. The van der Waals surface area contributed by atoms with Crippen molar-refractivity contribution in [1.29, 1.82) is 0 Å². The van der Waals surface area contributed by atoms with E-state index in [0.29, 0.717) is 17.3 Å². The average molecular weight is 451 g/mol. The number of rotatable bonds is 10. The summed E-state index contributed by atoms with van der Waals surface area (Å²) >= 11 is 6.17. The van der Waals surface area contributed by atoms with Crippen LogP contribution in [0.2, 0.25) is 5.02 Å². The van der Waals surface area contributed by atoms with Gasteiger partial charge in [-0.3, -0.25) is 9.59 Å². The molecule has 0 saturated heterocycles. The second-order valence-corrected chi connectivity index (χ2v) is 7.74. The van der Waals surface area contributed by atoms with Crippen molar-refractivity contribution in [1.82, 2.24) is 10.2 Å². The molecule has 3 aromatic rings. The van der Waals surface area contributed by atoms with Gasteiger partial charge < -0.3 is 15.0 Å². The molecule has 0 bridgehead atoms. The monoisotopic (exact) mass is 450 g/mol. The Hall–Kier alpha value is -3.31. The number of carbonyl (C=O) groups excluding carboxylic acids is 2. The van der Waals surface area contributed by atoms with E-state index in [-0.39, 0.29) is 25.0 Å². The lowest BCUT2D eigenvalue weighted by Gasteiger charge is -2.31. The number of carbonyl (C=O) groups is 2. The summed E-state index contributed by atoms with van der Waals surface area (Å²) in [5, 5.41) is 3.37. The number of ether oxygens (including phenoxy) is 1. The fourth-order valence-electron chi connectivity index (χ4n) is 3.34. The number of halogens is 1. The number of hydrogen-bond acceptors (Lipinski definition) is 3. The van der Waals surface area contributed by atoms with Crippen LogP contribution in [0.5, 0.6) is 5.75 Å². The van der Waals surface area contributed by atoms with E-state index in [0.717, 1.165) is 17.5 Å². The smallest absolute Gasteiger partial charge is 0.261 e. The first kappa shape index (κ1) is 23.4. The van der Waals surface area contributed by atoms with Crippen LogP contribution in [0.3, 0.4) is 0 Å². The van der Waals surface area contributed by atoms with Crippen LogP contribution in [-0.2, 0) is 16.1 Å². The van der Waals surface area contributed by atoms with Crippen LogP contribution < -0.4 is 10.1 Å². The van der Waals surface area contributed by atoms with Crippen LogP contribution >= 0.6 is 11.6 Å². The Morgan fingerprint density at radius 2 is 1.56 bits per heavy atom. The SMILES string of the molecule is CCCNC(=O)C(c1ccccc1)N(Cc1ccccc1)C(=O)COc1ccccc1Cl. The van der Waals surface area contributed by atoms with Gasteiger partial charge in [0.2, 0.25) is 5.91 Å². The number of nitrogens with zero attached hydrogens (tertiary/aromatic N) is 1. The van der Waals surface area contributed by atoms with Crippen molar-refractivity contribution in [2.75, 3.05) is 13.2 Å². The third-order valence-electron chi connectivity index (χ3n) is 4.93. The van der Waals surface area contributed by atoms with Gasteiger partial charge in [0.25, 0.3) is 5.91 Å². The molecule has 0 aliphatic heterocycles. The number of nitrogens with one attached hydrogen (secondary N) is 1. The molecule has 166 valence electrons. The molecular weight excluding hydrogens is 424 g/mol. The maximum absolute atomic E-state index is 13.4. The summed E-state index contributed by atoms with van der Waals surface area (Å²) in [6.07, 6.45) is 0.801. The zero-order chi connectivity index (χ0) is 22.8. The van der Waals surface area contributed by atoms with Crippen molar-refractivity contribution in [2.45, 2.75) is 25.9 Å². The second kappa shape index (κ2) is 11.9. The van der Waals surface area contributed by atoms with Gasteiger partial charge in [0, 0.05) is 13.1 Å². The molecule has 0 radical (unpaired) electrons. The molecule has 0 saturated carbocycles. The Kier molecular flexibility index (Phi) is 8.70. The fourth-order valence-corrected chi connectivity index (χ4v) is 3.53. The fraction of sp³-hybridized carbons (Fsp3) is 0.231. The topological polar surface area (TPSA) is 58.6 Å². The summed E-state index contributed by atoms with van der Waals surface area (Å²) in [4.78, 5) is 28.2. The summed E-state index contributed by atoms with van der Waals surface area (Å²) in [6.45, 7) is 2.55. The molecule has 0 aromatic heterocycles. The van der Waals surface area contributed by atoms with Gasteiger partial charge in [0.15, 0.2) is 6.61 Å². The van der Waals surface area contributed by atoms with E-state index in [1.807, 2.05) is 67.6 Å². The Balaban J connectivity index is 1.91. The molecule has 2 amide bonds. The molecular formula is C26H27ClN2O3. The molecule has 0 spiro atoms. The molecule has 0 heterocycles. The Morgan fingerprint density at radius 1 is 0.938 bits per heavy atom. The summed E-state index contributed by atoms with van der Waals surface area (Å²) < 4.78 is 5.71. The highest BCUT2D eigenvalue weighted by molar-refractivity contribution is 6.32. The molecule has 3 aromatic carbocycles. The lowest BCUT2D eigenvalue weighted by atomic mass is 10.0. The van der Waals surface area contributed by atoms with Crippen molar-refractivity contribution in [3.63, 3.8) is 0 Å². The first-order valence-corrected chi connectivity index (χ1v) is 11.0. The van der Waals surface area contributed by atoms with E-state index in [1.165, 1.54) is 0 Å². The quantitative estimate of drug-likeness (QED) is 0.472. The van der Waals surface area contributed by atoms with Gasteiger partial charge in [0.05, 0.1) is 5.02 Å². The third-order valence-corrected chi connectivity index (χ3v) is 5.24. The van der Waals surface area contributed by atoms with Gasteiger partial charge in [-0.1, -0.05) is 91.3 Å². The maximum Gasteiger partial charge on any atom is 0.261 e. The molecule has 32 heavy (non-hydrogen) atoms. The first-order valence-electron chi connectivity index (χ1n) is 10.6. The summed E-state index contributed by atoms with van der Waals surface area (Å²) in [7, 11) is 0. The maximum atomic E-state index is 13.4. The zero-order valence-electron chi connectivity index (χ0n) is 18.0. The predicted molar refractivity (Wildman–Crippen MR) is 126 cm³/mol. The summed E-state index contributed by atoms with van der Waals surface area (Å²) in [5.41, 5.74) is 1.66. The van der Waals surface area contributed by atoms with Crippen LogP contribution in [0.15, 0.2) is 84.9 Å². The average Bonchev–Trinajstić information content (AvgIpc) is 2.83. The minimum absolute atomic E-state index is 0.222. The van der Waals surface area contributed by atoms with Gasteiger partial charge in [-0.2, -0.15) is 0 Å². The van der Waals surface area contributed by atoms with Crippen molar-refractivity contribution >= 4 is 23.4 Å². The molecule has 1 atom stereocenters. The van der Waals surface area contributed by atoms with Crippen LogP contribution in [0.1, 0.15) is 30.5 Å². The molecule has 5 nitrogen and oxygen atoms in total. The third kappa shape index (κ3) is 6.34. The minimum Gasteiger partial charge on any atom is -0.482 e. The van der Waals surface area contributed by atoms with Crippen molar-refractivity contribution in [2.24, 2.45) is 0 Å². The normalized spacial score (nSPS) is 11.4. The van der Waals surface area contributed by atoms with Crippen LogP contribution in [0.25, 0.3) is 0 Å². The van der Waals surface area contributed by atoms with E-state index < -0.39 is 6.04 Å². The van der Waals surface area contributed by atoms with Crippen molar-refractivity contribution < 1.29 is 14.3 Å². The largest absolute Gasteiger partial charge is 0.482 e. The standard InChI is InChI=1S/C26H27ClN2O3/c1-2-17-28-26(31)25(21-13-7-4-8-14-21)29(18-20-11-5-3-6-12-20)24(30)19-32-23-16-10-9-15-22(23)27/h3-16,25H,2,17-19H2,1H3,(H,28,31). The predicted octanol–water partition coefficient (Wildman–Crippen LogP) is 5.02. The Bertz CT molecular complexity index is 1010. The Labute approximate surface area is 194 Å². The highest BCUT2D eigenvalue weighted by atomic mass is 35.5. The second-order valence-electron chi connectivity index (χ2n) is 7.33. The van der Waals surface area contributed by atoms with E-state index in [4.69, 9.17) is 16.3 Å². The molecule has 1 unspecified atom stereocenters. The zero-order valence-corrected chi connectivity index (χ0v) is 18.8. The number of benzene rings is 3. The van der Waals surface area contributed by atoms with E-state index >= 15 is 0 Å². The molecule has 1 N–H and O–H groups in total. The summed E-state index contributed by atoms with van der Waals surface area (Å²) in [6, 6.07) is 25.1. The molecule has 0 aliphatic rings. The number of hydrogen-bond donors (Lipinski definition) is 1. The molecule has 0 aliphatic carbocycles. The van der Waals surface area contributed by atoms with E-state index in [2.05, 4.69) is 5.32 Å². The van der Waals surface area contributed by atoms with E-state index in [1.54, 1.807) is 29.2 Å². The van der Waals surface area contributed by atoms with Gasteiger partial charge in [-0.25, -0.2) is 0 Å². The highest BCUT2D eigenvalue weighted by Crippen LogP contribution is 2.26. The highest BCUT2D eigenvalue weighted by Gasteiger charge is 2.31.